The van der Waals surface area contributed by atoms with Crippen molar-refractivity contribution in [3.05, 3.63) is 38.0 Å². The second-order valence-electron chi connectivity index (χ2n) is 3.94. The van der Waals surface area contributed by atoms with Gasteiger partial charge in [-0.25, -0.2) is 4.98 Å². The summed E-state index contributed by atoms with van der Waals surface area (Å²) in [6.07, 6.45) is 2.60. The van der Waals surface area contributed by atoms with E-state index in [4.69, 9.17) is 39.5 Å². The van der Waals surface area contributed by atoms with Crippen LogP contribution in [0.15, 0.2) is 27.9 Å². The summed E-state index contributed by atoms with van der Waals surface area (Å²) in [4.78, 5) is 16.3. The largest absolute Gasteiger partial charge is 0.378 e. The lowest BCUT2D eigenvalue weighted by molar-refractivity contribution is -0.419. The summed E-state index contributed by atoms with van der Waals surface area (Å²) in [5.74, 6) is 0.143. The number of rotatable bonds is 4. The van der Waals surface area contributed by atoms with Gasteiger partial charge in [-0.15, -0.1) is 0 Å². The first-order valence-corrected chi connectivity index (χ1v) is 6.93. The molecule has 0 saturated carbocycles. The number of morpholine rings is 1. The Morgan fingerprint density at radius 3 is 2.43 bits per heavy atom. The summed E-state index contributed by atoms with van der Waals surface area (Å²) in [6.45, 7) is 1.74. The molecule has 2 rings (SSSR count). The first-order chi connectivity index (χ1) is 10.0. The lowest BCUT2D eigenvalue weighted by atomic mass is 10.3. The van der Waals surface area contributed by atoms with Crippen LogP contribution in [0.25, 0.3) is 5.82 Å². The smallest absolute Gasteiger partial charge is 0.332 e. The van der Waals surface area contributed by atoms with E-state index in [9.17, 15) is 10.1 Å². The van der Waals surface area contributed by atoms with Gasteiger partial charge in [0.25, 0.3) is 0 Å². The highest BCUT2D eigenvalue weighted by molar-refractivity contribution is 6.59. The van der Waals surface area contributed by atoms with Gasteiger partial charge in [0.15, 0.2) is 5.03 Å². The Morgan fingerprint density at radius 1 is 1.29 bits per heavy atom. The van der Waals surface area contributed by atoms with Crippen molar-refractivity contribution >= 4 is 40.6 Å². The molecule has 1 aromatic rings. The molecule has 1 aromatic heterocycles. The molecule has 0 atom stereocenters. The average molecular weight is 355 g/mol. The van der Waals surface area contributed by atoms with Gasteiger partial charge in [0.1, 0.15) is 17.1 Å². The molecule has 2 heterocycles. The van der Waals surface area contributed by atoms with Gasteiger partial charge in [0, 0.05) is 13.1 Å². The van der Waals surface area contributed by atoms with E-state index in [2.05, 4.69) is 10.1 Å². The Bertz CT molecular complexity index is 577. The van der Waals surface area contributed by atoms with Gasteiger partial charge in [0.2, 0.25) is 5.82 Å². The number of halogens is 3. The molecule has 8 nitrogen and oxygen atoms in total. The zero-order valence-corrected chi connectivity index (χ0v) is 12.8. The molecule has 0 aromatic carbocycles. The lowest BCUT2D eigenvalue weighted by Gasteiger charge is -2.29. The number of aromatic nitrogens is 3. The molecule has 0 bridgehead atoms. The SMILES string of the molecule is O=[N+]([O-])C(C(Cl)=C(Cl)Cl)=C(N1CCOCC1)n1cncn1. The standard InChI is InChI=1S/C10H10Cl3N5O3/c11-7(9(12)13)8(18(19)20)10(17-6-14-5-15-17)16-1-3-21-4-2-16/h5-6H,1-4H2. The molecule has 0 radical (unpaired) electrons. The highest BCUT2D eigenvalue weighted by atomic mass is 35.5. The van der Waals surface area contributed by atoms with E-state index in [1.54, 1.807) is 4.90 Å². The number of ether oxygens (including phenoxy) is 1. The highest BCUT2D eigenvalue weighted by Crippen LogP contribution is 2.30. The van der Waals surface area contributed by atoms with Crippen LogP contribution in [0.5, 0.6) is 0 Å². The van der Waals surface area contributed by atoms with Crippen LogP contribution in [-0.4, -0.2) is 50.9 Å². The number of allylic oxidation sites excluding steroid dienone is 1. The van der Waals surface area contributed by atoms with E-state index in [-0.39, 0.29) is 10.9 Å². The van der Waals surface area contributed by atoms with Crippen molar-refractivity contribution in [2.75, 3.05) is 26.3 Å². The molecule has 0 unspecified atom stereocenters. The van der Waals surface area contributed by atoms with E-state index < -0.39 is 15.1 Å². The van der Waals surface area contributed by atoms with Gasteiger partial charge in [-0.2, -0.15) is 9.78 Å². The Balaban J connectivity index is 2.62. The van der Waals surface area contributed by atoms with Crippen molar-refractivity contribution in [3.8, 4) is 0 Å². The van der Waals surface area contributed by atoms with Gasteiger partial charge in [-0.1, -0.05) is 34.8 Å². The molecule has 21 heavy (non-hydrogen) atoms. The van der Waals surface area contributed by atoms with E-state index in [0.29, 0.717) is 26.3 Å². The summed E-state index contributed by atoms with van der Waals surface area (Å²) in [5, 5.41) is 15.0. The first kappa shape index (κ1) is 16.0. The molecule has 0 amide bonds. The zero-order valence-electron chi connectivity index (χ0n) is 10.6. The Labute approximate surface area is 134 Å². The van der Waals surface area contributed by atoms with Crippen LogP contribution in [0.1, 0.15) is 0 Å². The van der Waals surface area contributed by atoms with Crippen molar-refractivity contribution in [2.24, 2.45) is 0 Å². The molecular formula is C10H10Cl3N5O3. The Morgan fingerprint density at radius 2 is 1.95 bits per heavy atom. The first-order valence-electron chi connectivity index (χ1n) is 5.80. The number of hydrogen-bond acceptors (Lipinski definition) is 6. The van der Waals surface area contributed by atoms with Crippen LogP contribution in [0.3, 0.4) is 0 Å². The summed E-state index contributed by atoms with van der Waals surface area (Å²) >= 11 is 17.1. The fraction of sp³-hybridized carbons (Fsp3) is 0.400. The van der Waals surface area contributed by atoms with E-state index >= 15 is 0 Å². The average Bonchev–Trinajstić information content (AvgIpc) is 2.98. The molecule has 1 fully saturated rings. The predicted molar refractivity (Wildman–Crippen MR) is 77.2 cm³/mol. The predicted octanol–water partition coefficient (Wildman–Crippen LogP) is 1.90. The second-order valence-corrected chi connectivity index (χ2v) is 5.27. The molecule has 1 aliphatic rings. The minimum atomic E-state index is -0.653. The monoisotopic (exact) mass is 353 g/mol. The number of hydrogen-bond donors (Lipinski definition) is 0. The third-order valence-corrected chi connectivity index (χ3v) is 3.65. The van der Waals surface area contributed by atoms with Crippen LogP contribution in [0.2, 0.25) is 0 Å². The second kappa shape index (κ2) is 7.08. The minimum Gasteiger partial charge on any atom is -0.378 e. The zero-order chi connectivity index (χ0) is 15.4. The van der Waals surface area contributed by atoms with Gasteiger partial charge in [-0.3, -0.25) is 10.1 Å². The molecule has 0 N–H and O–H groups in total. The summed E-state index contributed by atoms with van der Waals surface area (Å²) in [7, 11) is 0. The van der Waals surface area contributed by atoms with Crippen molar-refractivity contribution in [1.29, 1.82) is 0 Å². The quantitative estimate of drug-likeness (QED) is 0.466. The highest BCUT2D eigenvalue weighted by Gasteiger charge is 2.31. The fourth-order valence-corrected chi connectivity index (χ4v) is 2.18. The summed E-state index contributed by atoms with van der Waals surface area (Å²) in [5.41, 5.74) is -0.441. The molecule has 0 aliphatic carbocycles. The van der Waals surface area contributed by atoms with E-state index in [1.807, 2.05) is 0 Å². The third-order valence-electron chi connectivity index (χ3n) is 2.71. The molecular weight excluding hydrogens is 345 g/mol. The maximum Gasteiger partial charge on any atom is 0.332 e. The summed E-state index contributed by atoms with van der Waals surface area (Å²) < 4.78 is 6.10. The van der Waals surface area contributed by atoms with Gasteiger partial charge in [-0.05, 0) is 0 Å². The van der Waals surface area contributed by atoms with Crippen LogP contribution in [-0.2, 0) is 4.74 Å². The molecule has 1 aliphatic heterocycles. The molecule has 114 valence electrons. The fourth-order valence-electron chi connectivity index (χ4n) is 1.85. The summed E-state index contributed by atoms with van der Waals surface area (Å²) in [6, 6.07) is 0. The molecule has 0 spiro atoms. The number of nitro groups is 1. The van der Waals surface area contributed by atoms with Crippen LogP contribution < -0.4 is 0 Å². The van der Waals surface area contributed by atoms with Crippen molar-refractivity contribution in [3.63, 3.8) is 0 Å². The van der Waals surface area contributed by atoms with Crippen LogP contribution in [0.4, 0.5) is 0 Å². The van der Waals surface area contributed by atoms with Crippen LogP contribution in [0, 0.1) is 10.1 Å². The van der Waals surface area contributed by atoms with Crippen LogP contribution >= 0.6 is 34.8 Å². The maximum atomic E-state index is 11.4. The molecule has 1 saturated heterocycles. The molecule has 11 heteroatoms. The third kappa shape index (κ3) is 3.65. The van der Waals surface area contributed by atoms with Crippen molar-refractivity contribution < 1.29 is 9.66 Å². The topological polar surface area (TPSA) is 86.3 Å². The Hall–Kier alpha value is -1.35. The Kier molecular flexibility index (Phi) is 5.40. The van der Waals surface area contributed by atoms with Crippen molar-refractivity contribution in [2.45, 2.75) is 0 Å². The number of nitrogens with zero attached hydrogens (tertiary/aromatic N) is 5. The lowest BCUT2D eigenvalue weighted by Crippen LogP contribution is -2.38. The van der Waals surface area contributed by atoms with Gasteiger partial charge >= 0.3 is 5.70 Å². The minimum absolute atomic E-state index is 0.143. The van der Waals surface area contributed by atoms with Crippen molar-refractivity contribution in [1.82, 2.24) is 19.7 Å². The van der Waals surface area contributed by atoms with E-state index in [0.717, 1.165) is 0 Å². The van der Waals surface area contributed by atoms with Gasteiger partial charge in [0.05, 0.1) is 18.1 Å². The normalized spacial score (nSPS) is 16.4. The van der Waals surface area contributed by atoms with E-state index in [1.165, 1.54) is 17.3 Å². The van der Waals surface area contributed by atoms with Gasteiger partial charge < -0.3 is 9.64 Å². The maximum absolute atomic E-state index is 11.4.